The number of hydrogen-bond acceptors (Lipinski definition) is 3. The third kappa shape index (κ3) is 2.69. The van der Waals surface area contributed by atoms with Crippen molar-refractivity contribution in [2.45, 2.75) is 38.5 Å². The number of benzene rings is 1. The lowest BCUT2D eigenvalue weighted by molar-refractivity contribution is -0.137. The molecule has 0 fully saturated rings. The van der Waals surface area contributed by atoms with Gasteiger partial charge < -0.3 is 9.74 Å². The largest absolute Gasteiger partial charge is 0.416 e. The van der Waals surface area contributed by atoms with E-state index in [0.717, 1.165) is 11.6 Å². The number of fused-ring (bicyclic) bond motifs is 1. The molecule has 0 aromatic heterocycles. The average Bonchev–Trinajstić information content (AvgIpc) is 2.65. The average molecular weight is 274 g/mol. The molecule has 19 heavy (non-hydrogen) atoms. The summed E-state index contributed by atoms with van der Waals surface area (Å²) < 4.78 is 38.3. The Morgan fingerprint density at radius 1 is 1.42 bits per heavy atom. The molecule has 6 heteroatoms. The minimum Gasteiger partial charge on any atom is -0.363 e. The molecule has 1 aliphatic heterocycles. The van der Waals surface area contributed by atoms with E-state index in [0.29, 0.717) is 18.7 Å². The van der Waals surface area contributed by atoms with Crippen LogP contribution in [0.15, 0.2) is 18.2 Å². The number of alkyl halides is 3. The van der Waals surface area contributed by atoms with Gasteiger partial charge in [0.25, 0.3) is 0 Å². The lowest BCUT2D eigenvalue weighted by Gasteiger charge is -2.31. The van der Waals surface area contributed by atoms with E-state index < -0.39 is 11.7 Å². The molecule has 0 saturated carbocycles. The van der Waals surface area contributed by atoms with E-state index in [4.69, 9.17) is 5.90 Å². The van der Waals surface area contributed by atoms with Gasteiger partial charge in [0, 0.05) is 11.7 Å². The second-order valence-corrected chi connectivity index (χ2v) is 5.03. The van der Waals surface area contributed by atoms with E-state index in [9.17, 15) is 13.2 Å². The quantitative estimate of drug-likeness (QED) is 0.861. The van der Waals surface area contributed by atoms with E-state index in [-0.39, 0.29) is 12.1 Å². The fourth-order valence-corrected chi connectivity index (χ4v) is 2.65. The van der Waals surface area contributed by atoms with Crippen LogP contribution in [0.3, 0.4) is 0 Å². The molecule has 0 bridgehead atoms. The van der Waals surface area contributed by atoms with Crippen LogP contribution in [0.4, 0.5) is 18.9 Å². The molecule has 1 unspecified atom stereocenters. The minimum absolute atomic E-state index is 0.0107. The van der Waals surface area contributed by atoms with Crippen molar-refractivity contribution in [2.75, 3.05) is 11.5 Å². The Hall–Kier alpha value is -1.27. The molecular weight excluding hydrogens is 257 g/mol. The van der Waals surface area contributed by atoms with Crippen molar-refractivity contribution in [2.24, 2.45) is 5.90 Å². The number of hydrogen-bond donors (Lipinski definition) is 1. The van der Waals surface area contributed by atoms with Gasteiger partial charge >= 0.3 is 6.18 Å². The lowest BCUT2D eigenvalue weighted by atomic mass is 10.1. The summed E-state index contributed by atoms with van der Waals surface area (Å²) in [6, 6.07) is 3.97. The molecule has 0 radical (unpaired) electrons. The zero-order valence-corrected chi connectivity index (χ0v) is 10.9. The fourth-order valence-electron chi connectivity index (χ4n) is 2.65. The number of anilines is 1. The molecule has 0 amide bonds. The summed E-state index contributed by atoms with van der Waals surface area (Å²) in [5.74, 6) is 5.10. The molecule has 2 rings (SSSR count). The van der Waals surface area contributed by atoms with Crippen LogP contribution in [0.5, 0.6) is 0 Å². The second kappa shape index (κ2) is 5.02. The third-order valence-electron chi connectivity index (χ3n) is 3.38. The molecule has 1 heterocycles. The molecule has 0 spiro atoms. The first-order valence-electron chi connectivity index (χ1n) is 6.14. The van der Waals surface area contributed by atoms with E-state index in [2.05, 4.69) is 4.84 Å². The first-order valence-corrected chi connectivity index (χ1v) is 6.14. The van der Waals surface area contributed by atoms with Gasteiger partial charge in [-0.1, -0.05) is 6.07 Å². The Morgan fingerprint density at radius 3 is 2.63 bits per heavy atom. The standard InChI is InChI=1S/C13H17F3N2O/c1-8(2)18-11(7-19-17)5-9-3-4-10(6-12(9)18)13(14,15)16/h3-4,6,8,11H,5,7,17H2,1-2H3. The second-order valence-electron chi connectivity index (χ2n) is 5.03. The van der Waals surface area contributed by atoms with Crippen LogP contribution >= 0.6 is 0 Å². The molecule has 0 aliphatic carbocycles. The van der Waals surface area contributed by atoms with Crippen LogP contribution in [0, 0.1) is 0 Å². The molecule has 0 saturated heterocycles. The molecule has 2 N–H and O–H groups in total. The van der Waals surface area contributed by atoms with Crippen molar-refractivity contribution in [3.8, 4) is 0 Å². The zero-order chi connectivity index (χ0) is 14.2. The monoisotopic (exact) mass is 274 g/mol. The Bertz CT molecular complexity index is 460. The van der Waals surface area contributed by atoms with Crippen molar-refractivity contribution in [3.05, 3.63) is 29.3 Å². The Labute approximate surface area is 110 Å². The summed E-state index contributed by atoms with van der Waals surface area (Å²) in [5.41, 5.74) is 0.918. The smallest absolute Gasteiger partial charge is 0.363 e. The van der Waals surface area contributed by atoms with E-state index >= 15 is 0 Å². The number of halogens is 3. The minimum atomic E-state index is -4.32. The normalized spacial score (nSPS) is 19.1. The van der Waals surface area contributed by atoms with Crippen LogP contribution in [-0.4, -0.2) is 18.7 Å². The zero-order valence-electron chi connectivity index (χ0n) is 10.9. The van der Waals surface area contributed by atoms with Crippen LogP contribution in [0.1, 0.15) is 25.0 Å². The van der Waals surface area contributed by atoms with E-state index in [1.165, 1.54) is 6.07 Å². The summed E-state index contributed by atoms with van der Waals surface area (Å²) >= 11 is 0. The van der Waals surface area contributed by atoms with Crippen LogP contribution < -0.4 is 10.8 Å². The van der Waals surface area contributed by atoms with Gasteiger partial charge in [0.2, 0.25) is 0 Å². The van der Waals surface area contributed by atoms with Gasteiger partial charge in [-0.15, -0.1) is 0 Å². The molecule has 1 atom stereocenters. The highest BCUT2D eigenvalue weighted by atomic mass is 19.4. The van der Waals surface area contributed by atoms with Gasteiger partial charge in [-0.2, -0.15) is 13.2 Å². The van der Waals surface area contributed by atoms with Gasteiger partial charge in [-0.3, -0.25) is 0 Å². The van der Waals surface area contributed by atoms with E-state index in [1.54, 1.807) is 6.07 Å². The van der Waals surface area contributed by atoms with Crippen LogP contribution in [0.25, 0.3) is 0 Å². The molecule has 1 aromatic rings. The first-order chi connectivity index (χ1) is 8.84. The van der Waals surface area contributed by atoms with E-state index in [1.807, 2.05) is 18.7 Å². The third-order valence-corrected chi connectivity index (χ3v) is 3.38. The predicted octanol–water partition coefficient (Wildman–Crippen LogP) is 2.74. The van der Waals surface area contributed by atoms with Crippen molar-refractivity contribution < 1.29 is 18.0 Å². The maximum atomic E-state index is 12.8. The Balaban J connectivity index is 2.40. The van der Waals surface area contributed by atoms with Crippen LogP contribution in [0.2, 0.25) is 0 Å². The topological polar surface area (TPSA) is 38.5 Å². The summed E-state index contributed by atoms with van der Waals surface area (Å²) in [6.07, 6.45) is -3.66. The lowest BCUT2D eigenvalue weighted by Crippen LogP contribution is -2.41. The highest BCUT2D eigenvalue weighted by Crippen LogP contribution is 2.39. The first kappa shape index (κ1) is 14.1. The molecule has 106 valence electrons. The van der Waals surface area contributed by atoms with Crippen LogP contribution in [-0.2, 0) is 17.4 Å². The summed E-state index contributed by atoms with van der Waals surface area (Å²) in [7, 11) is 0. The molecule has 1 aromatic carbocycles. The van der Waals surface area contributed by atoms with Crippen molar-refractivity contribution in [1.82, 2.24) is 0 Å². The van der Waals surface area contributed by atoms with Gasteiger partial charge in [0.15, 0.2) is 0 Å². The molecular formula is C13H17F3N2O. The Kier molecular flexibility index (Phi) is 3.73. The highest BCUT2D eigenvalue weighted by Gasteiger charge is 2.36. The predicted molar refractivity (Wildman–Crippen MR) is 66.7 cm³/mol. The summed E-state index contributed by atoms with van der Waals surface area (Å²) in [4.78, 5) is 6.61. The fraction of sp³-hybridized carbons (Fsp3) is 0.538. The van der Waals surface area contributed by atoms with Gasteiger partial charge in [0.05, 0.1) is 18.2 Å². The SMILES string of the molecule is CC(C)N1c2cc(C(F)(F)F)ccc2CC1CON. The summed E-state index contributed by atoms with van der Waals surface area (Å²) in [5, 5.41) is 0. The number of nitrogens with two attached hydrogens (primary N) is 1. The van der Waals surface area contributed by atoms with Crippen molar-refractivity contribution in [1.29, 1.82) is 0 Å². The molecule has 1 aliphatic rings. The van der Waals surface area contributed by atoms with Gasteiger partial charge in [-0.25, -0.2) is 5.90 Å². The number of rotatable bonds is 3. The highest BCUT2D eigenvalue weighted by molar-refractivity contribution is 5.62. The van der Waals surface area contributed by atoms with Crippen molar-refractivity contribution >= 4 is 5.69 Å². The number of nitrogens with zero attached hydrogens (tertiary/aromatic N) is 1. The summed E-state index contributed by atoms with van der Waals surface area (Å²) in [6.45, 7) is 4.19. The van der Waals surface area contributed by atoms with Gasteiger partial charge in [-0.05, 0) is 38.0 Å². The van der Waals surface area contributed by atoms with Crippen molar-refractivity contribution in [3.63, 3.8) is 0 Å². The molecule has 3 nitrogen and oxygen atoms in total. The Morgan fingerprint density at radius 2 is 2.11 bits per heavy atom. The maximum absolute atomic E-state index is 12.8. The van der Waals surface area contributed by atoms with Gasteiger partial charge in [0.1, 0.15) is 0 Å². The maximum Gasteiger partial charge on any atom is 0.416 e.